The van der Waals surface area contributed by atoms with Crippen LogP contribution in [0.2, 0.25) is 0 Å². The van der Waals surface area contributed by atoms with Crippen LogP contribution >= 0.6 is 12.6 Å². The van der Waals surface area contributed by atoms with E-state index >= 15 is 0 Å². The highest BCUT2D eigenvalue weighted by molar-refractivity contribution is 7.80. The molecule has 6 unspecified atom stereocenters. The lowest BCUT2D eigenvalue weighted by Crippen LogP contribution is -2.60. The number of hydrogen-bond donors (Lipinski definition) is 6. The van der Waals surface area contributed by atoms with Crippen molar-refractivity contribution in [3.05, 3.63) is 0 Å². The second-order valence-corrected chi connectivity index (χ2v) is 13.5. The number of likely N-dealkylation sites (tertiary alicyclic amines) is 2. The van der Waals surface area contributed by atoms with E-state index < -0.39 is 65.8 Å². The molecule has 0 radical (unpaired) electrons. The number of hydrogen-bond acceptors (Lipinski definition) is 8. The molecule has 2 fully saturated rings. The van der Waals surface area contributed by atoms with Crippen molar-refractivity contribution < 1.29 is 33.9 Å². The van der Waals surface area contributed by atoms with Crippen LogP contribution in [0.15, 0.2) is 0 Å². The maximum Gasteiger partial charge on any atom is 0.326 e. The molecule has 250 valence electrons. The van der Waals surface area contributed by atoms with Gasteiger partial charge in [-0.25, -0.2) is 4.79 Å². The fourth-order valence-electron chi connectivity index (χ4n) is 5.82. The van der Waals surface area contributed by atoms with Gasteiger partial charge in [-0.2, -0.15) is 12.6 Å². The number of carbonyl (C=O) groups is 6. The standard InChI is InChI=1S/C30H52N6O7S/c1-16(2)13-19(31)28(40)35-11-7-10-23(35)26(38)34-24(18(5)6)27(39)33-21(15-44)29(41)36-12-8-9-22(36)25(37)32-20(30(42)43)14-17(3)4/h16-24,44H,7-15,31H2,1-6H3,(H,32,37)(H,33,39)(H,34,38)(H,42,43). The Balaban J connectivity index is 2.10. The van der Waals surface area contributed by atoms with Crippen LogP contribution in [0.25, 0.3) is 0 Å². The van der Waals surface area contributed by atoms with Crippen LogP contribution in [-0.4, -0.2) is 106 Å². The van der Waals surface area contributed by atoms with Crippen molar-refractivity contribution in [1.29, 1.82) is 0 Å². The molecule has 5 amide bonds. The molecule has 0 aliphatic carbocycles. The minimum absolute atomic E-state index is 0.0376. The Labute approximate surface area is 266 Å². The topological polar surface area (TPSA) is 191 Å². The predicted octanol–water partition coefficient (Wildman–Crippen LogP) is 0.513. The third-order valence-electron chi connectivity index (χ3n) is 8.09. The van der Waals surface area contributed by atoms with Gasteiger partial charge in [0.2, 0.25) is 29.5 Å². The van der Waals surface area contributed by atoms with Crippen LogP contribution in [0.3, 0.4) is 0 Å². The van der Waals surface area contributed by atoms with Crippen LogP contribution in [0, 0.1) is 17.8 Å². The van der Waals surface area contributed by atoms with Gasteiger partial charge in [0.15, 0.2) is 0 Å². The molecule has 2 rings (SSSR count). The summed E-state index contributed by atoms with van der Waals surface area (Å²) in [5.41, 5.74) is 6.11. The Morgan fingerprint density at radius 2 is 1.27 bits per heavy atom. The average Bonchev–Trinajstić information content (AvgIpc) is 3.63. The number of carboxylic acid groups (broad SMARTS) is 1. The molecule has 0 aromatic heterocycles. The summed E-state index contributed by atoms with van der Waals surface area (Å²) >= 11 is 4.28. The maximum atomic E-state index is 13.5. The molecule has 0 bridgehead atoms. The van der Waals surface area contributed by atoms with E-state index in [1.54, 1.807) is 13.8 Å². The molecule has 2 aliphatic heterocycles. The highest BCUT2D eigenvalue weighted by Crippen LogP contribution is 2.22. The van der Waals surface area contributed by atoms with Gasteiger partial charge in [0, 0.05) is 18.8 Å². The number of nitrogens with two attached hydrogens (primary N) is 1. The number of carboxylic acids is 1. The third-order valence-corrected chi connectivity index (χ3v) is 8.45. The van der Waals surface area contributed by atoms with Gasteiger partial charge >= 0.3 is 5.97 Å². The van der Waals surface area contributed by atoms with E-state index in [1.165, 1.54) is 9.80 Å². The first kappa shape index (κ1) is 37.3. The van der Waals surface area contributed by atoms with E-state index in [2.05, 4.69) is 28.6 Å². The van der Waals surface area contributed by atoms with Gasteiger partial charge in [-0.1, -0.05) is 41.5 Å². The van der Waals surface area contributed by atoms with Crippen molar-refractivity contribution in [3.63, 3.8) is 0 Å². The summed E-state index contributed by atoms with van der Waals surface area (Å²) in [4.78, 5) is 80.8. The lowest BCUT2D eigenvalue weighted by molar-refractivity contribution is -0.145. The normalized spacial score (nSPS) is 21.2. The molecule has 0 aromatic rings. The molecule has 0 spiro atoms. The Hall–Kier alpha value is -2.87. The molecular formula is C30H52N6O7S. The van der Waals surface area contributed by atoms with Crippen LogP contribution in [-0.2, 0) is 28.8 Å². The van der Waals surface area contributed by atoms with Gasteiger partial charge in [-0.3, -0.25) is 24.0 Å². The maximum absolute atomic E-state index is 13.5. The largest absolute Gasteiger partial charge is 0.480 e. The van der Waals surface area contributed by atoms with E-state index in [-0.39, 0.29) is 42.4 Å². The second kappa shape index (κ2) is 17.0. The summed E-state index contributed by atoms with van der Waals surface area (Å²) < 4.78 is 0. The number of aliphatic carboxylic acids is 1. The smallest absolute Gasteiger partial charge is 0.326 e. The van der Waals surface area contributed by atoms with Crippen LogP contribution in [0.5, 0.6) is 0 Å². The molecule has 6 atom stereocenters. The quantitative estimate of drug-likeness (QED) is 0.140. The third kappa shape index (κ3) is 10.1. The molecule has 2 aliphatic rings. The number of nitrogens with zero attached hydrogens (tertiary/aromatic N) is 2. The highest BCUT2D eigenvalue weighted by atomic mass is 32.1. The van der Waals surface area contributed by atoms with Crippen molar-refractivity contribution in [3.8, 4) is 0 Å². The zero-order chi connectivity index (χ0) is 33.3. The minimum atomic E-state index is -1.14. The van der Waals surface area contributed by atoms with Crippen LogP contribution in [0.1, 0.15) is 80.1 Å². The van der Waals surface area contributed by atoms with Crippen molar-refractivity contribution in [2.75, 3.05) is 18.8 Å². The first-order valence-electron chi connectivity index (χ1n) is 15.7. The second-order valence-electron chi connectivity index (χ2n) is 13.1. The highest BCUT2D eigenvalue weighted by Gasteiger charge is 2.41. The minimum Gasteiger partial charge on any atom is -0.480 e. The van der Waals surface area contributed by atoms with Crippen molar-refractivity contribution in [2.45, 2.75) is 116 Å². The van der Waals surface area contributed by atoms with Gasteiger partial charge in [0.05, 0.1) is 6.04 Å². The molecule has 0 aromatic carbocycles. The summed E-state index contributed by atoms with van der Waals surface area (Å²) in [6.07, 6.45) is 2.74. The Bertz CT molecular complexity index is 1050. The zero-order valence-electron chi connectivity index (χ0n) is 26.9. The zero-order valence-corrected chi connectivity index (χ0v) is 27.8. The monoisotopic (exact) mass is 640 g/mol. The van der Waals surface area contributed by atoms with Gasteiger partial charge in [-0.15, -0.1) is 0 Å². The fourth-order valence-corrected chi connectivity index (χ4v) is 6.07. The van der Waals surface area contributed by atoms with Gasteiger partial charge in [0.1, 0.15) is 30.2 Å². The Morgan fingerprint density at radius 3 is 1.73 bits per heavy atom. The van der Waals surface area contributed by atoms with Crippen molar-refractivity contribution >= 4 is 48.1 Å². The predicted molar refractivity (Wildman–Crippen MR) is 168 cm³/mol. The molecule has 13 nitrogen and oxygen atoms in total. The molecule has 2 heterocycles. The van der Waals surface area contributed by atoms with E-state index in [1.807, 2.05) is 27.7 Å². The molecule has 2 saturated heterocycles. The Kier molecular flexibility index (Phi) is 14.4. The van der Waals surface area contributed by atoms with E-state index in [0.717, 1.165) is 0 Å². The first-order valence-corrected chi connectivity index (χ1v) is 16.3. The van der Waals surface area contributed by atoms with Gasteiger partial charge in [-0.05, 0) is 56.3 Å². The summed E-state index contributed by atoms with van der Waals surface area (Å²) in [7, 11) is 0. The number of nitrogens with one attached hydrogen (secondary N) is 3. The summed E-state index contributed by atoms with van der Waals surface area (Å²) in [5.74, 6) is -3.68. The molecule has 6 N–H and O–H groups in total. The van der Waals surface area contributed by atoms with Gasteiger partial charge < -0.3 is 36.6 Å². The van der Waals surface area contributed by atoms with Gasteiger partial charge in [0.25, 0.3) is 0 Å². The SMILES string of the molecule is CC(C)CC(N)C(=O)N1CCCC1C(=O)NC(C(=O)NC(CS)C(=O)N1CCCC1C(=O)NC(CC(C)C)C(=O)O)C(C)C. The molecule has 14 heteroatoms. The average molecular weight is 641 g/mol. The summed E-state index contributed by atoms with van der Waals surface area (Å²) in [5, 5.41) is 17.6. The lowest BCUT2D eigenvalue weighted by Gasteiger charge is -2.31. The number of thiol groups is 1. The van der Waals surface area contributed by atoms with Crippen LogP contribution < -0.4 is 21.7 Å². The molecule has 0 saturated carbocycles. The summed E-state index contributed by atoms with van der Waals surface area (Å²) in [6, 6.07) is -5.48. The van der Waals surface area contributed by atoms with E-state index in [0.29, 0.717) is 38.6 Å². The molecular weight excluding hydrogens is 588 g/mol. The Morgan fingerprint density at radius 1 is 0.773 bits per heavy atom. The van der Waals surface area contributed by atoms with E-state index in [4.69, 9.17) is 5.73 Å². The van der Waals surface area contributed by atoms with Crippen molar-refractivity contribution in [2.24, 2.45) is 23.5 Å². The van der Waals surface area contributed by atoms with Crippen LogP contribution in [0.4, 0.5) is 0 Å². The first-order chi connectivity index (χ1) is 20.6. The number of rotatable bonds is 15. The van der Waals surface area contributed by atoms with Crippen molar-refractivity contribution in [1.82, 2.24) is 25.8 Å². The lowest BCUT2D eigenvalue weighted by atomic mass is 10.0. The summed E-state index contributed by atoms with van der Waals surface area (Å²) in [6.45, 7) is 11.8. The fraction of sp³-hybridized carbons (Fsp3) is 0.800. The van der Waals surface area contributed by atoms with E-state index in [9.17, 15) is 33.9 Å². The molecule has 44 heavy (non-hydrogen) atoms. The number of carbonyl (C=O) groups excluding carboxylic acids is 5. The number of amides is 5.